The van der Waals surface area contributed by atoms with Gasteiger partial charge in [-0.05, 0) is 60.3 Å². The zero-order valence-corrected chi connectivity index (χ0v) is 12.6. The summed E-state index contributed by atoms with van der Waals surface area (Å²) < 4.78 is 7.04. The molecule has 0 radical (unpaired) electrons. The summed E-state index contributed by atoms with van der Waals surface area (Å²) in [5.74, 6) is 0. The number of hydrogen-bond acceptors (Lipinski definition) is 3. The van der Waals surface area contributed by atoms with Crippen LogP contribution in [0, 0.1) is 0 Å². The zero-order chi connectivity index (χ0) is 12.1. The van der Waals surface area contributed by atoms with Crippen LogP contribution in [0.2, 0.25) is 0 Å². The van der Waals surface area contributed by atoms with E-state index in [1.54, 1.807) is 0 Å². The molecule has 1 aromatic rings. The molecule has 1 aromatic heterocycles. The molecule has 2 rings (SSSR count). The molecule has 1 N–H and O–H groups in total. The van der Waals surface area contributed by atoms with E-state index in [9.17, 15) is 0 Å². The highest BCUT2D eigenvalue weighted by Crippen LogP contribution is 2.25. The largest absolute Gasteiger partial charge is 0.377 e. The molecule has 2 atom stereocenters. The molecular formula is C13H20BrNOS. The van der Waals surface area contributed by atoms with Crippen LogP contribution in [0.1, 0.15) is 31.1 Å². The average molecular weight is 318 g/mol. The van der Waals surface area contributed by atoms with Gasteiger partial charge in [0.2, 0.25) is 0 Å². The molecule has 17 heavy (non-hydrogen) atoms. The molecule has 0 saturated carbocycles. The lowest BCUT2D eigenvalue weighted by atomic mass is 10.0. The van der Waals surface area contributed by atoms with Crippen LogP contribution in [-0.2, 0) is 11.2 Å². The first-order valence-electron chi connectivity index (χ1n) is 6.39. The fourth-order valence-electron chi connectivity index (χ4n) is 2.26. The van der Waals surface area contributed by atoms with E-state index in [0.717, 1.165) is 19.6 Å². The lowest BCUT2D eigenvalue weighted by Gasteiger charge is -2.23. The van der Waals surface area contributed by atoms with E-state index in [-0.39, 0.29) is 0 Å². The Bertz CT molecular complexity index is 336. The Morgan fingerprint density at radius 2 is 2.47 bits per heavy atom. The summed E-state index contributed by atoms with van der Waals surface area (Å²) in [6.07, 6.45) is 5.08. The third-order valence-corrected chi connectivity index (χ3v) is 4.77. The van der Waals surface area contributed by atoms with Gasteiger partial charge >= 0.3 is 0 Å². The van der Waals surface area contributed by atoms with Gasteiger partial charge in [0, 0.05) is 17.5 Å². The molecule has 2 nitrogen and oxygen atoms in total. The molecule has 0 aromatic carbocycles. The van der Waals surface area contributed by atoms with Crippen LogP contribution in [0.5, 0.6) is 0 Å². The van der Waals surface area contributed by atoms with Crippen molar-refractivity contribution in [3.05, 3.63) is 20.8 Å². The van der Waals surface area contributed by atoms with Gasteiger partial charge in [-0.2, -0.15) is 0 Å². The molecule has 1 fully saturated rings. The first-order chi connectivity index (χ1) is 8.29. The van der Waals surface area contributed by atoms with Crippen LogP contribution in [0.3, 0.4) is 0 Å². The highest BCUT2D eigenvalue weighted by molar-refractivity contribution is 9.11. The predicted molar refractivity (Wildman–Crippen MR) is 76.8 cm³/mol. The van der Waals surface area contributed by atoms with Crippen molar-refractivity contribution in [1.29, 1.82) is 0 Å². The maximum Gasteiger partial charge on any atom is 0.0732 e. The minimum Gasteiger partial charge on any atom is -0.377 e. The third kappa shape index (κ3) is 4.05. The second-order valence-corrected chi connectivity index (χ2v) is 7.07. The SMILES string of the molecule is CCCNC(Cc1ccc(Br)s1)C1CCCO1. The Morgan fingerprint density at radius 1 is 1.59 bits per heavy atom. The summed E-state index contributed by atoms with van der Waals surface area (Å²) in [5.41, 5.74) is 0. The number of ether oxygens (including phenoxy) is 1. The van der Waals surface area contributed by atoms with Gasteiger partial charge in [-0.25, -0.2) is 0 Å². The first kappa shape index (κ1) is 13.5. The molecule has 0 spiro atoms. The van der Waals surface area contributed by atoms with Crippen molar-refractivity contribution in [2.24, 2.45) is 0 Å². The van der Waals surface area contributed by atoms with Crippen molar-refractivity contribution in [2.75, 3.05) is 13.2 Å². The standard InChI is InChI=1S/C13H20BrNOS/c1-2-7-15-11(12-4-3-8-16-12)9-10-5-6-13(14)17-10/h5-6,11-12,15H,2-4,7-9H2,1H3. The maximum atomic E-state index is 5.82. The predicted octanol–water partition coefficient (Wildman–Crippen LogP) is 3.60. The highest BCUT2D eigenvalue weighted by Gasteiger charge is 2.25. The Balaban J connectivity index is 1.94. The fraction of sp³-hybridized carbons (Fsp3) is 0.692. The van der Waals surface area contributed by atoms with Gasteiger partial charge in [-0.1, -0.05) is 6.92 Å². The molecule has 4 heteroatoms. The normalized spacial score (nSPS) is 21.9. The lowest BCUT2D eigenvalue weighted by molar-refractivity contribution is 0.0786. The minimum atomic E-state index is 0.405. The number of halogens is 1. The molecule has 2 unspecified atom stereocenters. The number of hydrogen-bond donors (Lipinski definition) is 1. The monoisotopic (exact) mass is 317 g/mol. The zero-order valence-electron chi connectivity index (χ0n) is 10.2. The molecule has 1 aliphatic rings. The molecule has 0 amide bonds. The van der Waals surface area contributed by atoms with E-state index >= 15 is 0 Å². The van der Waals surface area contributed by atoms with Gasteiger partial charge in [0.05, 0.1) is 9.89 Å². The van der Waals surface area contributed by atoms with Gasteiger partial charge in [0.1, 0.15) is 0 Å². The van der Waals surface area contributed by atoms with Crippen LogP contribution in [-0.4, -0.2) is 25.3 Å². The van der Waals surface area contributed by atoms with Crippen LogP contribution >= 0.6 is 27.3 Å². The van der Waals surface area contributed by atoms with Crippen molar-refractivity contribution in [2.45, 2.75) is 44.8 Å². The Labute approximate surface area is 116 Å². The van der Waals surface area contributed by atoms with Crippen molar-refractivity contribution in [3.8, 4) is 0 Å². The van der Waals surface area contributed by atoms with E-state index in [1.165, 1.54) is 27.9 Å². The van der Waals surface area contributed by atoms with E-state index in [1.807, 2.05) is 11.3 Å². The molecule has 0 aliphatic carbocycles. The van der Waals surface area contributed by atoms with Crippen LogP contribution in [0.4, 0.5) is 0 Å². The summed E-state index contributed by atoms with van der Waals surface area (Å²) >= 11 is 5.35. The lowest BCUT2D eigenvalue weighted by Crippen LogP contribution is -2.41. The van der Waals surface area contributed by atoms with Gasteiger partial charge in [-0.3, -0.25) is 0 Å². The minimum absolute atomic E-state index is 0.405. The Hall–Kier alpha value is 0.1000. The average Bonchev–Trinajstić information content (AvgIpc) is 2.95. The molecule has 96 valence electrons. The Morgan fingerprint density at radius 3 is 3.06 bits per heavy atom. The molecule has 0 bridgehead atoms. The van der Waals surface area contributed by atoms with Crippen LogP contribution in [0.25, 0.3) is 0 Å². The van der Waals surface area contributed by atoms with Gasteiger partial charge < -0.3 is 10.1 Å². The van der Waals surface area contributed by atoms with E-state index in [0.29, 0.717) is 12.1 Å². The van der Waals surface area contributed by atoms with Gasteiger partial charge in [0.25, 0.3) is 0 Å². The summed E-state index contributed by atoms with van der Waals surface area (Å²) in [4.78, 5) is 1.43. The summed E-state index contributed by atoms with van der Waals surface area (Å²) in [6.45, 7) is 4.22. The molecule has 2 heterocycles. The number of thiophene rings is 1. The summed E-state index contributed by atoms with van der Waals surface area (Å²) in [7, 11) is 0. The smallest absolute Gasteiger partial charge is 0.0732 e. The summed E-state index contributed by atoms with van der Waals surface area (Å²) in [5, 5.41) is 3.64. The van der Waals surface area contributed by atoms with Crippen molar-refractivity contribution in [1.82, 2.24) is 5.32 Å². The van der Waals surface area contributed by atoms with Crippen LogP contribution < -0.4 is 5.32 Å². The maximum absolute atomic E-state index is 5.82. The topological polar surface area (TPSA) is 21.3 Å². The number of nitrogens with one attached hydrogen (secondary N) is 1. The van der Waals surface area contributed by atoms with E-state index in [4.69, 9.17) is 4.74 Å². The van der Waals surface area contributed by atoms with Gasteiger partial charge in [0.15, 0.2) is 0 Å². The fourth-order valence-corrected chi connectivity index (χ4v) is 3.80. The third-order valence-electron chi connectivity index (χ3n) is 3.12. The van der Waals surface area contributed by atoms with E-state index < -0.39 is 0 Å². The molecule has 1 saturated heterocycles. The second-order valence-electron chi connectivity index (χ2n) is 4.52. The van der Waals surface area contributed by atoms with Crippen LogP contribution in [0.15, 0.2) is 15.9 Å². The highest BCUT2D eigenvalue weighted by atomic mass is 79.9. The molecule has 1 aliphatic heterocycles. The van der Waals surface area contributed by atoms with Crippen molar-refractivity contribution in [3.63, 3.8) is 0 Å². The Kier molecular flexibility index (Phi) is 5.48. The van der Waals surface area contributed by atoms with Crippen molar-refractivity contribution >= 4 is 27.3 Å². The quantitative estimate of drug-likeness (QED) is 0.865. The first-order valence-corrected chi connectivity index (χ1v) is 7.99. The van der Waals surface area contributed by atoms with Gasteiger partial charge in [-0.15, -0.1) is 11.3 Å². The molecular weight excluding hydrogens is 298 g/mol. The van der Waals surface area contributed by atoms with Crippen molar-refractivity contribution < 1.29 is 4.74 Å². The second kappa shape index (κ2) is 6.88. The number of rotatable bonds is 6. The summed E-state index contributed by atoms with van der Waals surface area (Å²) in [6, 6.07) is 4.82. The van der Waals surface area contributed by atoms with E-state index in [2.05, 4.69) is 40.3 Å².